The van der Waals surface area contributed by atoms with Gasteiger partial charge in [0.15, 0.2) is 0 Å². The van der Waals surface area contributed by atoms with Crippen molar-refractivity contribution in [1.29, 1.82) is 0 Å². The topological polar surface area (TPSA) is 15.6 Å². The van der Waals surface area contributed by atoms with Crippen LogP contribution in [-0.2, 0) is 0 Å². The lowest BCUT2D eigenvalue weighted by Crippen LogP contribution is -2.01. The summed E-state index contributed by atoms with van der Waals surface area (Å²) >= 11 is 0. The molecule has 0 aliphatic heterocycles. The first kappa shape index (κ1) is 11.9. The molecule has 0 aliphatic rings. The molecule has 0 N–H and O–H groups in total. The Morgan fingerprint density at radius 3 is 2.23 bits per heavy atom. The standard InChI is InChI=1S/C11H20N2/c1-10(2)7-6-8-11(3)9-12-13(4)5/h7-9H,6H2,1-5H3/b11-8-,12-9+. The molecule has 0 aliphatic carbocycles. The molecule has 0 heterocycles. The van der Waals surface area contributed by atoms with Gasteiger partial charge in [0, 0.05) is 20.3 Å². The van der Waals surface area contributed by atoms with Gasteiger partial charge in [-0.1, -0.05) is 17.7 Å². The van der Waals surface area contributed by atoms with Crippen LogP contribution >= 0.6 is 0 Å². The summed E-state index contributed by atoms with van der Waals surface area (Å²) in [5, 5.41) is 5.93. The minimum atomic E-state index is 0.994. The summed E-state index contributed by atoms with van der Waals surface area (Å²) in [7, 11) is 3.83. The third kappa shape index (κ3) is 8.86. The summed E-state index contributed by atoms with van der Waals surface area (Å²) in [6, 6.07) is 0. The van der Waals surface area contributed by atoms with E-state index in [9.17, 15) is 0 Å². The van der Waals surface area contributed by atoms with Gasteiger partial charge in [-0.2, -0.15) is 5.10 Å². The number of hydrogen-bond acceptors (Lipinski definition) is 2. The maximum atomic E-state index is 4.14. The van der Waals surface area contributed by atoms with Gasteiger partial charge in [0.2, 0.25) is 0 Å². The molecule has 0 amide bonds. The highest BCUT2D eigenvalue weighted by atomic mass is 15.4. The number of rotatable bonds is 4. The molecule has 0 aromatic rings. The third-order valence-electron chi connectivity index (χ3n) is 1.46. The van der Waals surface area contributed by atoms with Crippen LogP contribution in [0.4, 0.5) is 0 Å². The minimum Gasteiger partial charge on any atom is -0.303 e. The Morgan fingerprint density at radius 1 is 1.15 bits per heavy atom. The van der Waals surface area contributed by atoms with Gasteiger partial charge < -0.3 is 5.01 Å². The normalized spacial score (nSPS) is 11.9. The van der Waals surface area contributed by atoms with E-state index in [0.717, 1.165) is 6.42 Å². The van der Waals surface area contributed by atoms with E-state index in [0.29, 0.717) is 0 Å². The van der Waals surface area contributed by atoms with E-state index < -0.39 is 0 Å². The molecule has 0 saturated heterocycles. The minimum absolute atomic E-state index is 0.994. The van der Waals surface area contributed by atoms with Crippen LogP contribution in [0.3, 0.4) is 0 Å². The van der Waals surface area contributed by atoms with Crippen LogP contribution in [0, 0.1) is 0 Å². The molecule has 2 nitrogen and oxygen atoms in total. The number of nitrogens with zero attached hydrogens (tertiary/aromatic N) is 2. The van der Waals surface area contributed by atoms with E-state index in [4.69, 9.17) is 0 Å². The monoisotopic (exact) mass is 180 g/mol. The zero-order chi connectivity index (χ0) is 10.3. The van der Waals surface area contributed by atoms with Gasteiger partial charge in [-0.25, -0.2) is 0 Å². The first-order valence-electron chi connectivity index (χ1n) is 4.54. The predicted molar refractivity (Wildman–Crippen MR) is 60.0 cm³/mol. The van der Waals surface area contributed by atoms with Crippen molar-refractivity contribution in [2.45, 2.75) is 27.2 Å². The molecule has 0 aromatic carbocycles. The summed E-state index contributed by atoms with van der Waals surface area (Å²) in [5.74, 6) is 0. The second-order valence-corrected chi connectivity index (χ2v) is 3.56. The summed E-state index contributed by atoms with van der Waals surface area (Å²) < 4.78 is 0. The molecule has 0 radical (unpaired) electrons. The Kier molecular flexibility index (Phi) is 5.94. The molecular weight excluding hydrogens is 160 g/mol. The highest BCUT2D eigenvalue weighted by Crippen LogP contribution is 1.97. The number of allylic oxidation sites excluding steroid dienone is 4. The zero-order valence-electron chi connectivity index (χ0n) is 9.33. The van der Waals surface area contributed by atoms with Gasteiger partial charge in [0.1, 0.15) is 0 Å². The lowest BCUT2D eigenvalue weighted by atomic mass is 10.2. The Balaban J connectivity index is 3.96. The number of hydrogen-bond donors (Lipinski definition) is 0. The lowest BCUT2D eigenvalue weighted by Gasteiger charge is -2.01. The SMILES string of the molecule is CC(C)=CC/C=C(C)\C=N\N(C)C. The van der Waals surface area contributed by atoms with Crippen molar-refractivity contribution in [2.24, 2.45) is 5.10 Å². The van der Waals surface area contributed by atoms with Crippen molar-refractivity contribution in [3.05, 3.63) is 23.3 Å². The van der Waals surface area contributed by atoms with Crippen molar-refractivity contribution in [1.82, 2.24) is 5.01 Å². The highest BCUT2D eigenvalue weighted by Gasteiger charge is 1.83. The maximum absolute atomic E-state index is 4.14. The zero-order valence-corrected chi connectivity index (χ0v) is 9.33. The summed E-state index contributed by atoms with van der Waals surface area (Å²) in [4.78, 5) is 0. The second-order valence-electron chi connectivity index (χ2n) is 3.56. The maximum Gasteiger partial charge on any atom is 0.0496 e. The van der Waals surface area contributed by atoms with Crippen molar-refractivity contribution in [3.63, 3.8) is 0 Å². The molecule has 13 heavy (non-hydrogen) atoms. The average Bonchev–Trinajstić information content (AvgIpc) is 2.00. The molecule has 0 atom stereocenters. The molecule has 0 unspecified atom stereocenters. The van der Waals surface area contributed by atoms with Gasteiger partial charge in [0.05, 0.1) is 0 Å². The quantitative estimate of drug-likeness (QED) is 0.369. The fraction of sp³-hybridized carbons (Fsp3) is 0.545. The molecule has 0 bridgehead atoms. The molecule has 74 valence electrons. The smallest absolute Gasteiger partial charge is 0.0496 e. The van der Waals surface area contributed by atoms with Crippen molar-refractivity contribution in [3.8, 4) is 0 Å². The number of hydrazone groups is 1. The van der Waals surface area contributed by atoms with Gasteiger partial charge in [-0.05, 0) is 32.8 Å². The van der Waals surface area contributed by atoms with Crippen molar-refractivity contribution >= 4 is 6.21 Å². The lowest BCUT2D eigenvalue weighted by molar-refractivity contribution is 0.440. The van der Waals surface area contributed by atoms with Crippen LogP contribution in [0.15, 0.2) is 28.4 Å². The Hall–Kier alpha value is -1.05. The van der Waals surface area contributed by atoms with E-state index in [-0.39, 0.29) is 0 Å². The first-order valence-corrected chi connectivity index (χ1v) is 4.54. The molecule has 2 heteroatoms. The Morgan fingerprint density at radius 2 is 1.77 bits per heavy atom. The van der Waals surface area contributed by atoms with Gasteiger partial charge >= 0.3 is 0 Å². The van der Waals surface area contributed by atoms with Crippen LogP contribution in [0.1, 0.15) is 27.2 Å². The third-order valence-corrected chi connectivity index (χ3v) is 1.46. The van der Waals surface area contributed by atoms with Gasteiger partial charge in [-0.3, -0.25) is 0 Å². The fourth-order valence-electron chi connectivity index (χ4n) is 0.740. The molecule has 0 saturated carbocycles. The van der Waals surface area contributed by atoms with Crippen LogP contribution in [0.2, 0.25) is 0 Å². The molecule has 0 fully saturated rings. The van der Waals surface area contributed by atoms with E-state index >= 15 is 0 Å². The van der Waals surface area contributed by atoms with Crippen molar-refractivity contribution < 1.29 is 0 Å². The highest BCUT2D eigenvalue weighted by molar-refractivity contribution is 5.77. The summed E-state index contributed by atoms with van der Waals surface area (Å²) in [5.41, 5.74) is 2.56. The Bertz CT molecular complexity index is 218. The van der Waals surface area contributed by atoms with Crippen LogP contribution < -0.4 is 0 Å². The fourth-order valence-corrected chi connectivity index (χ4v) is 0.740. The van der Waals surface area contributed by atoms with E-state index in [1.54, 1.807) is 5.01 Å². The Labute approximate surface area is 81.6 Å². The average molecular weight is 180 g/mol. The van der Waals surface area contributed by atoms with Crippen LogP contribution in [0.25, 0.3) is 0 Å². The molecule has 0 spiro atoms. The van der Waals surface area contributed by atoms with Crippen molar-refractivity contribution in [2.75, 3.05) is 14.1 Å². The van der Waals surface area contributed by atoms with E-state index in [1.807, 2.05) is 20.3 Å². The largest absolute Gasteiger partial charge is 0.303 e. The van der Waals surface area contributed by atoms with Gasteiger partial charge in [0.25, 0.3) is 0 Å². The van der Waals surface area contributed by atoms with Crippen LogP contribution in [0.5, 0.6) is 0 Å². The summed E-state index contributed by atoms with van der Waals surface area (Å²) in [6.45, 7) is 6.28. The second kappa shape index (κ2) is 6.46. The van der Waals surface area contributed by atoms with E-state index in [1.165, 1.54) is 11.1 Å². The first-order chi connectivity index (χ1) is 6.02. The molecular formula is C11H20N2. The van der Waals surface area contributed by atoms with E-state index in [2.05, 4.69) is 38.0 Å². The summed E-state index contributed by atoms with van der Waals surface area (Å²) in [6.07, 6.45) is 7.24. The van der Waals surface area contributed by atoms with Crippen LogP contribution in [-0.4, -0.2) is 25.3 Å². The molecule has 0 rings (SSSR count). The van der Waals surface area contributed by atoms with Gasteiger partial charge in [-0.15, -0.1) is 0 Å². The predicted octanol–water partition coefficient (Wildman–Crippen LogP) is 2.84. The molecule has 0 aromatic heterocycles.